The zero-order valence-electron chi connectivity index (χ0n) is 6.56. The molecule has 0 aromatic heterocycles. The molecular weight excluding hydrogens is 162 g/mol. The molecule has 0 bridgehead atoms. The molecule has 2 N–H and O–H groups in total. The summed E-state index contributed by atoms with van der Waals surface area (Å²) in [6.45, 7) is 0.136. The molecule has 1 aliphatic rings. The number of carbonyl (C=O) groups excluding carboxylic acids is 1. The number of amides is 1. The molecule has 0 spiro atoms. The second-order valence-electron chi connectivity index (χ2n) is 2.82. The van der Waals surface area contributed by atoms with E-state index >= 15 is 0 Å². The molecule has 5 nitrogen and oxygen atoms in total. The number of likely N-dealkylation sites (tertiary alicyclic amines) is 1. The lowest BCUT2D eigenvalue weighted by atomic mass is 10.1. The molecule has 1 heterocycles. The van der Waals surface area contributed by atoms with E-state index in [0.717, 1.165) is 0 Å². The summed E-state index contributed by atoms with van der Waals surface area (Å²) in [5.74, 6) is -1.72. The molecule has 68 valence electrons. The van der Waals surface area contributed by atoms with Crippen LogP contribution in [0.15, 0.2) is 0 Å². The molecule has 1 fully saturated rings. The normalized spacial score (nSPS) is 22.8. The summed E-state index contributed by atoms with van der Waals surface area (Å²) < 4.78 is 0. The molecular formula is C7H11NO4. The number of carboxylic acids is 1. The van der Waals surface area contributed by atoms with E-state index in [9.17, 15) is 9.59 Å². The van der Waals surface area contributed by atoms with Crippen molar-refractivity contribution in [1.82, 2.24) is 4.90 Å². The number of aliphatic carboxylic acids is 1. The summed E-state index contributed by atoms with van der Waals surface area (Å²) in [6.07, 6.45) is 0.487. The monoisotopic (exact) mass is 173 g/mol. The summed E-state index contributed by atoms with van der Waals surface area (Å²) in [5.41, 5.74) is 0. The Morgan fingerprint density at radius 1 is 1.50 bits per heavy atom. The molecule has 1 rings (SSSR count). The van der Waals surface area contributed by atoms with Gasteiger partial charge in [0.25, 0.3) is 0 Å². The Bertz CT molecular complexity index is 204. The van der Waals surface area contributed by atoms with Gasteiger partial charge in [0.2, 0.25) is 5.91 Å². The maximum Gasteiger partial charge on any atom is 0.308 e. The standard InChI is InChI=1S/C7H11NO4/c9-4-6(10)8-2-1-5(3-8)7(11)12/h5,9H,1-4H2,(H,11,12). The number of carbonyl (C=O) groups is 2. The fraction of sp³-hybridized carbons (Fsp3) is 0.714. The van der Waals surface area contributed by atoms with Crippen molar-refractivity contribution in [3.05, 3.63) is 0 Å². The van der Waals surface area contributed by atoms with Crippen molar-refractivity contribution in [2.45, 2.75) is 6.42 Å². The number of nitrogens with zero attached hydrogens (tertiary/aromatic N) is 1. The van der Waals surface area contributed by atoms with Gasteiger partial charge in [-0.25, -0.2) is 0 Å². The van der Waals surface area contributed by atoms with Gasteiger partial charge in [-0.15, -0.1) is 0 Å². The van der Waals surface area contributed by atoms with E-state index < -0.39 is 24.4 Å². The first kappa shape index (κ1) is 8.99. The number of carboxylic acid groups (broad SMARTS) is 1. The van der Waals surface area contributed by atoms with E-state index in [-0.39, 0.29) is 6.54 Å². The smallest absolute Gasteiger partial charge is 0.308 e. The van der Waals surface area contributed by atoms with Gasteiger partial charge in [0.15, 0.2) is 0 Å². The Balaban J connectivity index is 2.45. The van der Waals surface area contributed by atoms with Crippen LogP contribution in [-0.2, 0) is 9.59 Å². The Hall–Kier alpha value is -1.10. The zero-order chi connectivity index (χ0) is 9.14. The van der Waals surface area contributed by atoms with Gasteiger partial charge in [0.05, 0.1) is 5.92 Å². The SMILES string of the molecule is O=C(O)C1CCN(C(=O)CO)C1. The second-order valence-corrected chi connectivity index (χ2v) is 2.82. The third-order valence-corrected chi connectivity index (χ3v) is 2.03. The first-order valence-corrected chi connectivity index (χ1v) is 3.76. The summed E-state index contributed by atoms with van der Waals surface area (Å²) in [5, 5.41) is 17.1. The minimum absolute atomic E-state index is 0.231. The molecule has 0 saturated carbocycles. The third kappa shape index (κ3) is 1.73. The lowest BCUT2D eigenvalue weighted by Crippen LogP contribution is -2.31. The van der Waals surface area contributed by atoms with Crippen LogP contribution in [0.25, 0.3) is 0 Å². The highest BCUT2D eigenvalue weighted by Crippen LogP contribution is 2.15. The quantitative estimate of drug-likeness (QED) is 0.556. The van der Waals surface area contributed by atoms with Gasteiger partial charge in [0, 0.05) is 13.1 Å². The largest absolute Gasteiger partial charge is 0.481 e. The highest BCUT2D eigenvalue weighted by molar-refractivity contribution is 5.79. The van der Waals surface area contributed by atoms with E-state index in [2.05, 4.69) is 0 Å². The van der Waals surface area contributed by atoms with Gasteiger partial charge in [-0.05, 0) is 6.42 Å². The maximum absolute atomic E-state index is 10.9. The summed E-state index contributed by atoms with van der Waals surface area (Å²) in [4.78, 5) is 22.7. The number of aliphatic hydroxyl groups is 1. The van der Waals surface area contributed by atoms with Crippen LogP contribution in [0.1, 0.15) is 6.42 Å². The molecule has 12 heavy (non-hydrogen) atoms. The molecule has 1 saturated heterocycles. The Morgan fingerprint density at radius 2 is 2.17 bits per heavy atom. The minimum Gasteiger partial charge on any atom is -0.481 e. The Morgan fingerprint density at radius 3 is 2.58 bits per heavy atom. The predicted molar refractivity (Wildman–Crippen MR) is 39.4 cm³/mol. The maximum atomic E-state index is 10.9. The number of hydrogen-bond donors (Lipinski definition) is 2. The van der Waals surface area contributed by atoms with Crippen molar-refractivity contribution in [2.24, 2.45) is 5.92 Å². The highest BCUT2D eigenvalue weighted by Gasteiger charge is 2.30. The molecule has 0 aromatic rings. The molecule has 1 aliphatic heterocycles. The van der Waals surface area contributed by atoms with Crippen molar-refractivity contribution < 1.29 is 19.8 Å². The molecule has 1 unspecified atom stereocenters. The van der Waals surface area contributed by atoms with Gasteiger partial charge < -0.3 is 15.1 Å². The van der Waals surface area contributed by atoms with Crippen molar-refractivity contribution in [2.75, 3.05) is 19.7 Å². The Kier molecular flexibility index (Phi) is 2.65. The van der Waals surface area contributed by atoms with Crippen LogP contribution in [0.3, 0.4) is 0 Å². The first-order valence-electron chi connectivity index (χ1n) is 3.76. The van der Waals surface area contributed by atoms with Crippen LogP contribution in [0.5, 0.6) is 0 Å². The van der Waals surface area contributed by atoms with E-state index in [0.29, 0.717) is 13.0 Å². The minimum atomic E-state index is -0.872. The van der Waals surface area contributed by atoms with Gasteiger partial charge in [-0.2, -0.15) is 0 Å². The van der Waals surface area contributed by atoms with Crippen LogP contribution in [0, 0.1) is 5.92 Å². The average molecular weight is 173 g/mol. The fourth-order valence-corrected chi connectivity index (χ4v) is 1.29. The van der Waals surface area contributed by atoms with Crippen molar-refractivity contribution in [3.8, 4) is 0 Å². The van der Waals surface area contributed by atoms with Gasteiger partial charge in [0.1, 0.15) is 6.61 Å². The van der Waals surface area contributed by atoms with E-state index in [4.69, 9.17) is 10.2 Å². The predicted octanol–water partition coefficient (Wildman–Crippen LogP) is -1.09. The van der Waals surface area contributed by atoms with Crippen molar-refractivity contribution >= 4 is 11.9 Å². The highest BCUT2D eigenvalue weighted by atomic mass is 16.4. The molecule has 0 aromatic carbocycles. The topological polar surface area (TPSA) is 77.8 Å². The first-order chi connectivity index (χ1) is 5.65. The number of aliphatic hydroxyl groups excluding tert-OH is 1. The lowest BCUT2D eigenvalue weighted by molar-refractivity contribution is -0.141. The molecule has 0 radical (unpaired) electrons. The van der Waals surface area contributed by atoms with Crippen LogP contribution in [0.4, 0.5) is 0 Å². The van der Waals surface area contributed by atoms with Crippen LogP contribution < -0.4 is 0 Å². The molecule has 1 amide bonds. The average Bonchev–Trinajstić information content (AvgIpc) is 2.51. The Labute approximate surface area is 69.6 Å². The van der Waals surface area contributed by atoms with Crippen molar-refractivity contribution in [1.29, 1.82) is 0 Å². The van der Waals surface area contributed by atoms with E-state index in [1.54, 1.807) is 0 Å². The van der Waals surface area contributed by atoms with Crippen LogP contribution in [0.2, 0.25) is 0 Å². The molecule has 1 atom stereocenters. The van der Waals surface area contributed by atoms with Crippen LogP contribution >= 0.6 is 0 Å². The zero-order valence-corrected chi connectivity index (χ0v) is 6.56. The van der Waals surface area contributed by atoms with E-state index in [1.807, 2.05) is 0 Å². The van der Waals surface area contributed by atoms with Gasteiger partial charge >= 0.3 is 5.97 Å². The number of hydrogen-bond acceptors (Lipinski definition) is 3. The van der Waals surface area contributed by atoms with Gasteiger partial charge in [-0.1, -0.05) is 0 Å². The summed E-state index contributed by atoms with van der Waals surface area (Å²) in [6, 6.07) is 0. The van der Waals surface area contributed by atoms with Crippen LogP contribution in [-0.4, -0.2) is 46.7 Å². The second kappa shape index (κ2) is 3.53. The summed E-state index contributed by atoms with van der Waals surface area (Å²) in [7, 11) is 0. The lowest BCUT2D eigenvalue weighted by Gasteiger charge is -2.13. The van der Waals surface area contributed by atoms with E-state index in [1.165, 1.54) is 4.90 Å². The third-order valence-electron chi connectivity index (χ3n) is 2.03. The van der Waals surface area contributed by atoms with Crippen molar-refractivity contribution in [3.63, 3.8) is 0 Å². The molecule has 0 aliphatic carbocycles. The number of rotatable bonds is 2. The molecule has 5 heteroatoms. The van der Waals surface area contributed by atoms with Gasteiger partial charge in [-0.3, -0.25) is 9.59 Å². The summed E-state index contributed by atoms with van der Waals surface area (Å²) >= 11 is 0. The fourth-order valence-electron chi connectivity index (χ4n) is 1.29.